The average Bonchev–Trinajstić information content (AvgIpc) is 2.84. The van der Waals surface area contributed by atoms with E-state index in [4.69, 9.17) is 13.6 Å². The lowest BCUT2D eigenvalue weighted by molar-refractivity contribution is -0.572. The predicted octanol–water partition coefficient (Wildman–Crippen LogP) is 6.26. The van der Waals surface area contributed by atoms with Gasteiger partial charge in [0, 0.05) is 25.3 Å². The Balaban J connectivity index is 1.73. The van der Waals surface area contributed by atoms with Gasteiger partial charge < -0.3 is 14.4 Å². The number of nitrogens with zero attached hydrogens (tertiary/aromatic N) is 1. The van der Waals surface area contributed by atoms with E-state index in [1.54, 1.807) is 60.7 Å². The number of nitrogens with one attached hydrogen (secondary N) is 1. The van der Waals surface area contributed by atoms with Crippen molar-refractivity contribution in [3.63, 3.8) is 0 Å². The number of nitro groups is 1. The van der Waals surface area contributed by atoms with Crippen molar-refractivity contribution in [3.05, 3.63) is 107 Å². The highest BCUT2D eigenvalue weighted by atomic mass is 31.2. The first-order chi connectivity index (χ1) is 16.8. The van der Waals surface area contributed by atoms with Crippen molar-refractivity contribution in [3.8, 4) is 11.5 Å². The molecule has 0 aliphatic heterocycles. The molecule has 0 aliphatic carbocycles. The van der Waals surface area contributed by atoms with Gasteiger partial charge in [0.05, 0.1) is 0 Å². The van der Waals surface area contributed by atoms with Gasteiger partial charge in [-0.25, -0.2) is 4.57 Å². The molecule has 0 saturated carbocycles. The molecule has 0 aliphatic rings. The summed E-state index contributed by atoms with van der Waals surface area (Å²) in [4.78, 5) is 11.5. The van der Waals surface area contributed by atoms with Crippen LogP contribution in [0.3, 0.4) is 0 Å². The van der Waals surface area contributed by atoms with E-state index in [1.807, 2.05) is 30.3 Å². The minimum absolute atomic E-state index is 0.272. The van der Waals surface area contributed by atoms with Crippen LogP contribution < -0.4 is 14.4 Å². The number of para-hydroxylation sites is 2. The molecule has 0 aromatic heterocycles. The molecule has 0 heterocycles. The Bertz CT molecular complexity index is 1050. The SMILES string of the molecule is CC(C)([C@@H](CCCNCc1ccccc1)OP(=O)(Oc1ccccc1)Oc1ccccc1)[N+](=O)[O-]. The van der Waals surface area contributed by atoms with Crippen molar-refractivity contribution < 1.29 is 23.1 Å². The lowest BCUT2D eigenvalue weighted by atomic mass is 9.94. The fourth-order valence-electron chi connectivity index (χ4n) is 3.33. The van der Waals surface area contributed by atoms with Crippen molar-refractivity contribution in [1.82, 2.24) is 5.32 Å². The lowest BCUT2D eigenvalue weighted by Gasteiger charge is -2.29. The van der Waals surface area contributed by atoms with Gasteiger partial charge >= 0.3 is 7.82 Å². The third kappa shape index (κ3) is 8.21. The zero-order valence-electron chi connectivity index (χ0n) is 19.9. The summed E-state index contributed by atoms with van der Waals surface area (Å²) in [5, 5.41) is 15.2. The fraction of sp³-hybridized carbons (Fsp3) is 0.308. The van der Waals surface area contributed by atoms with Gasteiger partial charge in [-0.15, -0.1) is 0 Å². The molecule has 0 saturated heterocycles. The summed E-state index contributed by atoms with van der Waals surface area (Å²) in [6.07, 6.45) is -0.198. The summed E-state index contributed by atoms with van der Waals surface area (Å²) in [5.74, 6) is 0.544. The van der Waals surface area contributed by atoms with Crippen LogP contribution in [0.1, 0.15) is 32.3 Å². The average molecular weight is 499 g/mol. The summed E-state index contributed by atoms with van der Waals surface area (Å²) in [6.45, 7) is 4.18. The normalized spacial score (nSPS) is 12.6. The van der Waals surface area contributed by atoms with E-state index in [-0.39, 0.29) is 17.9 Å². The Morgan fingerprint density at radius 2 is 1.37 bits per heavy atom. The molecule has 8 nitrogen and oxygen atoms in total. The van der Waals surface area contributed by atoms with Crippen LogP contribution in [-0.4, -0.2) is 23.1 Å². The molecular formula is C26H31N2O6P. The van der Waals surface area contributed by atoms with Crippen LogP contribution >= 0.6 is 7.82 Å². The molecule has 1 atom stereocenters. The third-order valence-electron chi connectivity index (χ3n) is 5.43. The highest BCUT2D eigenvalue weighted by Gasteiger charge is 2.47. The molecule has 0 bridgehead atoms. The van der Waals surface area contributed by atoms with Crippen LogP contribution in [0.15, 0.2) is 91.0 Å². The van der Waals surface area contributed by atoms with Crippen LogP contribution in [0.2, 0.25) is 0 Å². The first-order valence-corrected chi connectivity index (χ1v) is 12.9. The number of phosphoric ester groups is 1. The monoisotopic (exact) mass is 498 g/mol. The maximum atomic E-state index is 13.8. The summed E-state index contributed by atoms with van der Waals surface area (Å²) in [5.41, 5.74) is -0.391. The van der Waals surface area contributed by atoms with Crippen LogP contribution in [-0.2, 0) is 15.6 Å². The second-order valence-electron chi connectivity index (χ2n) is 8.57. The van der Waals surface area contributed by atoms with Gasteiger partial charge in [-0.3, -0.25) is 14.6 Å². The highest BCUT2D eigenvalue weighted by molar-refractivity contribution is 7.49. The number of rotatable bonds is 14. The third-order valence-corrected chi connectivity index (χ3v) is 6.81. The molecule has 35 heavy (non-hydrogen) atoms. The topological polar surface area (TPSA) is 99.9 Å². The molecule has 186 valence electrons. The minimum atomic E-state index is -4.28. The first kappa shape index (κ1) is 26.4. The van der Waals surface area contributed by atoms with Gasteiger partial charge in [0.15, 0.2) is 0 Å². The molecule has 0 spiro atoms. The Kier molecular flexibility index (Phi) is 9.43. The van der Waals surface area contributed by atoms with Crippen molar-refractivity contribution in [2.45, 2.75) is 44.9 Å². The Morgan fingerprint density at radius 1 is 0.886 bits per heavy atom. The molecule has 3 aromatic rings. The van der Waals surface area contributed by atoms with E-state index < -0.39 is 24.4 Å². The molecule has 0 fully saturated rings. The summed E-state index contributed by atoms with van der Waals surface area (Å²) in [7, 11) is -4.28. The molecule has 0 amide bonds. The number of phosphoric acid groups is 1. The van der Waals surface area contributed by atoms with Crippen molar-refractivity contribution in [2.75, 3.05) is 6.54 Å². The smallest absolute Gasteiger partial charge is 0.395 e. The first-order valence-electron chi connectivity index (χ1n) is 11.5. The van der Waals surface area contributed by atoms with Gasteiger partial charge in [-0.1, -0.05) is 66.7 Å². The minimum Gasteiger partial charge on any atom is -0.395 e. The molecular weight excluding hydrogens is 467 g/mol. The second-order valence-corrected chi connectivity index (χ2v) is 10.0. The predicted molar refractivity (Wildman–Crippen MR) is 135 cm³/mol. The Morgan fingerprint density at radius 3 is 1.86 bits per heavy atom. The van der Waals surface area contributed by atoms with E-state index in [0.717, 1.165) is 5.56 Å². The second kappa shape index (κ2) is 12.5. The summed E-state index contributed by atoms with van der Waals surface area (Å²) < 4.78 is 31.0. The Hall–Kier alpha value is -3.19. The fourth-order valence-corrected chi connectivity index (χ4v) is 4.89. The van der Waals surface area contributed by atoms with Crippen LogP contribution in [0, 0.1) is 10.1 Å². The molecule has 1 N–H and O–H groups in total. The summed E-state index contributed by atoms with van der Waals surface area (Å²) >= 11 is 0. The van der Waals surface area contributed by atoms with Crippen molar-refractivity contribution in [2.24, 2.45) is 0 Å². The largest absolute Gasteiger partial charge is 0.588 e. The molecule has 3 aromatic carbocycles. The van der Waals surface area contributed by atoms with Crippen LogP contribution in [0.5, 0.6) is 11.5 Å². The molecule has 3 rings (SSSR count). The van der Waals surface area contributed by atoms with Crippen LogP contribution in [0.25, 0.3) is 0 Å². The number of hydrogen-bond acceptors (Lipinski definition) is 7. The van der Waals surface area contributed by atoms with Crippen molar-refractivity contribution >= 4 is 7.82 Å². The van der Waals surface area contributed by atoms with Gasteiger partial charge in [0.25, 0.3) is 0 Å². The molecule has 0 radical (unpaired) electrons. The summed E-state index contributed by atoms with van der Waals surface area (Å²) in [6, 6.07) is 26.9. The van der Waals surface area contributed by atoms with Crippen LogP contribution in [0.4, 0.5) is 0 Å². The quantitative estimate of drug-likeness (QED) is 0.121. The zero-order chi connectivity index (χ0) is 25.2. The van der Waals surface area contributed by atoms with E-state index >= 15 is 0 Å². The maximum absolute atomic E-state index is 13.8. The zero-order valence-corrected chi connectivity index (χ0v) is 20.8. The Labute approximate surface area is 206 Å². The van der Waals surface area contributed by atoms with E-state index in [2.05, 4.69) is 5.32 Å². The van der Waals surface area contributed by atoms with E-state index in [1.165, 1.54) is 13.8 Å². The van der Waals surface area contributed by atoms with Crippen molar-refractivity contribution in [1.29, 1.82) is 0 Å². The lowest BCUT2D eigenvalue weighted by Crippen LogP contribution is -2.45. The number of hydrogen-bond donors (Lipinski definition) is 1. The van der Waals surface area contributed by atoms with Gasteiger partial charge in [0.1, 0.15) is 17.6 Å². The highest BCUT2D eigenvalue weighted by Crippen LogP contribution is 2.52. The van der Waals surface area contributed by atoms with Gasteiger partial charge in [-0.2, -0.15) is 0 Å². The number of benzene rings is 3. The van der Waals surface area contributed by atoms with Gasteiger partial charge in [-0.05, 0) is 49.2 Å². The standard InChI is InChI=1S/C26H31N2O6P/c1-26(2,28(29)30)25(19-12-20-27-21-22-13-6-3-7-14-22)34-35(31,32-23-15-8-4-9-16-23)33-24-17-10-5-11-18-24/h3-11,13-18,25,27H,12,19-21H2,1-2H3/t25-/m1/s1. The molecule has 9 heteroatoms. The molecule has 0 unspecified atom stereocenters. The van der Waals surface area contributed by atoms with E-state index in [0.29, 0.717) is 19.5 Å². The van der Waals surface area contributed by atoms with Gasteiger partial charge in [0.2, 0.25) is 5.54 Å². The van der Waals surface area contributed by atoms with E-state index in [9.17, 15) is 14.7 Å². The maximum Gasteiger partial charge on any atom is 0.588 e.